The van der Waals surface area contributed by atoms with Gasteiger partial charge in [-0.3, -0.25) is 4.79 Å². The molecule has 1 rings (SSSR count). The summed E-state index contributed by atoms with van der Waals surface area (Å²) in [6.07, 6.45) is -0.790. The van der Waals surface area contributed by atoms with Crippen molar-refractivity contribution >= 4 is 5.91 Å². The van der Waals surface area contributed by atoms with Crippen LogP contribution < -0.4 is 15.8 Å². The van der Waals surface area contributed by atoms with E-state index in [-0.39, 0.29) is 23.7 Å². The molecule has 0 spiro atoms. The largest absolute Gasteiger partial charge is 0.477 e. The summed E-state index contributed by atoms with van der Waals surface area (Å²) in [5.41, 5.74) is 5.70. The number of hydrogen-bond donors (Lipinski definition) is 2. The van der Waals surface area contributed by atoms with Crippen molar-refractivity contribution in [1.29, 1.82) is 0 Å². The van der Waals surface area contributed by atoms with Crippen LogP contribution in [0.15, 0.2) is 18.2 Å². The number of amides is 1. The van der Waals surface area contributed by atoms with Gasteiger partial charge in [-0.25, -0.2) is 4.39 Å². The van der Waals surface area contributed by atoms with Gasteiger partial charge in [-0.2, -0.15) is 0 Å². The summed E-state index contributed by atoms with van der Waals surface area (Å²) in [7, 11) is 0. The molecule has 5 heteroatoms. The highest BCUT2D eigenvalue weighted by molar-refractivity contribution is 5.81. The number of carbonyl (C=O) groups is 1. The molecule has 0 aliphatic carbocycles. The van der Waals surface area contributed by atoms with E-state index in [1.165, 1.54) is 6.07 Å². The predicted octanol–water partition coefficient (Wildman–Crippen LogP) is 1.97. The Morgan fingerprint density at radius 1 is 1.47 bits per heavy atom. The lowest BCUT2D eigenvalue weighted by Crippen LogP contribution is -2.46. The fraction of sp³-hybridized carbons (Fsp3) is 0.500. The summed E-state index contributed by atoms with van der Waals surface area (Å²) in [6.45, 7) is 7.33. The molecule has 1 aromatic rings. The van der Waals surface area contributed by atoms with Crippen molar-refractivity contribution in [2.24, 2.45) is 5.73 Å². The molecule has 1 unspecified atom stereocenters. The number of nitrogens with one attached hydrogen (secondary N) is 1. The van der Waals surface area contributed by atoms with E-state index in [0.717, 1.165) is 0 Å². The first-order valence-corrected chi connectivity index (χ1v) is 6.20. The number of hydrogen-bond acceptors (Lipinski definition) is 3. The van der Waals surface area contributed by atoms with E-state index >= 15 is 0 Å². The summed E-state index contributed by atoms with van der Waals surface area (Å²) >= 11 is 0. The van der Waals surface area contributed by atoms with Crippen LogP contribution >= 0.6 is 0 Å². The molecule has 19 heavy (non-hydrogen) atoms. The number of carbonyl (C=O) groups excluding carboxylic acids is 1. The van der Waals surface area contributed by atoms with Crippen LogP contribution in [0.2, 0.25) is 0 Å². The highest BCUT2D eigenvalue weighted by Crippen LogP contribution is 2.23. The van der Waals surface area contributed by atoms with Crippen LogP contribution in [0, 0.1) is 5.82 Å². The van der Waals surface area contributed by atoms with E-state index in [1.54, 1.807) is 19.1 Å². The summed E-state index contributed by atoms with van der Waals surface area (Å²) in [5, 5.41) is 2.78. The van der Waals surface area contributed by atoms with Crippen molar-refractivity contribution in [2.45, 2.75) is 45.9 Å². The van der Waals surface area contributed by atoms with Crippen LogP contribution in [-0.4, -0.2) is 17.6 Å². The zero-order valence-electron chi connectivity index (χ0n) is 11.8. The maximum absolute atomic E-state index is 13.7. The number of nitrogens with two attached hydrogens (primary N) is 1. The highest BCUT2D eigenvalue weighted by Gasteiger charge is 2.22. The zero-order chi connectivity index (χ0) is 14.6. The van der Waals surface area contributed by atoms with Gasteiger partial charge in [-0.15, -0.1) is 0 Å². The Balaban J connectivity index is 2.82. The van der Waals surface area contributed by atoms with Crippen LogP contribution in [0.4, 0.5) is 4.39 Å². The molecule has 0 bridgehead atoms. The molecule has 0 heterocycles. The summed E-state index contributed by atoms with van der Waals surface area (Å²) in [6, 6.07) is 4.51. The highest BCUT2D eigenvalue weighted by atomic mass is 19.1. The lowest BCUT2D eigenvalue weighted by Gasteiger charge is -2.24. The number of halogens is 1. The fourth-order valence-electron chi connectivity index (χ4n) is 1.55. The fourth-order valence-corrected chi connectivity index (χ4v) is 1.55. The average Bonchev–Trinajstić information content (AvgIpc) is 2.29. The Hall–Kier alpha value is -1.62. The van der Waals surface area contributed by atoms with Gasteiger partial charge in [-0.05, 0) is 33.8 Å². The van der Waals surface area contributed by atoms with E-state index in [9.17, 15) is 9.18 Å². The number of para-hydroxylation sites is 1. The maximum Gasteiger partial charge on any atom is 0.261 e. The van der Waals surface area contributed by atoms with Crippen molar-refractivity contribution < 1.29 is 13.9 Å². The third-order valence-corrected chi connectivity index (χ3v) is 2.43. The molecule has 0 saturated heterocycles. The van der Waals surface area contributed by atoms with Crippen molar-refractivity contribution in [3.05, 3.63) is 29.6 Å². The summed E-state index contributed by atoms with van der Waals surface area (Å²) in [4.78, 5) is 11.9. The normalized spacial score (nSPS) is 12.9. The minimum absolute atomic E-state index is 0.0431. The quantitative estimate of drug-likeness (QED) is 0.877. The average molecular weight is 268 g/mol. The van der Waals surface area contributed by atoms with E-state index in [1.807, 2.05) is 20.8 Å². The van der Waals surface area contributed by atoms with Gasteiger partial charge in [0, 0.05) is 17.6 Å². The van der Waals surface area contributed by atoms with Crippen molar-refractivity contribution in [2.75, 3.05) is 0 Å². The Bertz CT molecular complexity index is 455. The summed E-state index contributed by atoms with van der Waals surface area (Å²) in [5.74, 6) is -0.765. The van der Waals surface area contributed by atoms with Crippen molar-refractivity contribution in [3.8, 4) is 5.75 Å². The monoisotopic (exact) mass is 268 g/mol. The second kappa shape index (κ2) is 6.02. The lowest BCUT2D eigenvalue weighted by atomic mass is 10.1. The van der Waals surface area contributed by atoms with Gasteiger partial charge >= 0.3 is 0 Å². The Labute approximate surface area is 113 Å². The van der Waals surface area contributed by atoms with Gasteiger partial charge in [0.1, 0.15) is 0 Å². The molecule has 0 aliphatic rings. The molecule has 106 valence electrons. The molecule has 4 nitrogen and oxygen atoms in total. The Morgan fingerprint density at radius 2 is 2.11 bits per heavy atom. The molecular weight excluding hydrogens is 247 g/mol. The second-order valence-electron chi connectivity index (χ2n) is 5.43. The van der Waals surface area contributed by atoms with Gasteiger partial charge in [0.15, 0.2) is 17.7 Å². The molecule has 0 aromatic heterocycles. The molecule has 3 N–H and O–H groups in total. The molecule has 0 radical (unpaired) electrons. The van der Waals surface area contributed by atoms with E-state index in [4.69, 9.17) is 10.5 Å². The minimum atomic E-state index is -0.790. The topological polar surface area (TPSA) is 64.3 Å². The molecule has 0 saturated carbocycles. The van der Waals surface area contributed by atoms with Crippen LogP contribution in [0.5, 0.6) is 5.75 Å². The van der Waals surface area contributed by atoms with E-state index in [0.29, 0.717) is 5.56 Å². The molecule has 0 aliphatic heterocycles. The van der Waals surface area contributed by atoms with Gasteiger partial charge in [-0.1, -0.05) is 12.1 Å². The zero-order valence-corrected chi connectivity index (χ0v) is 11.8. The van der Waals surface area contributed by atoms with Crippen LogP contribution in [-0.2, 0) is 11.3 Å². The first-order valence-electron chi connectivity index (χ1n) is 6.20. The SMILES string of the molecule is CC(Oc1c(F)cccc1CN)C(=O)NC(C)(C)C. The Morgan fingerprint density at radius 3 is 2.63 bits per heavy atom. The summed E-state index contributed by atoms with van der Waals surface area (Å²) < 4.78 is 19.1. The van der Waals surface area contributed by atoms with Crippen molar-refractivity contribution in [1.82, 2.24) is 5.32 Å². The standard InChI is InChI=1S/C14H21FN2O2/c1-9(13(18)17-14(2,3)4)19-12-10(8-16)6-5-7-11(12)15/h5-7,9H,8,16H2,1-4H3,(H,17,18). The molecule has 0 fully saturated rings. The van der Waals surface area contributed by atoms with Crippen molar-refractivity contribution in [3.63, 3.8) is 0 Å². The molecule has 1 aromatic carbocycles. The number of benzene rings is 1. The van der Waals surface area contributed by atoms with Gasteiger partial charge in [0.05, 0.1) is 0 Å². The van der Waals surface area contributed by atoms with Crippen LogP contribution in [0.3, 0.4) is 0 Å². The van der Waals surface area contributed by atoms with Gasteiger partial charge in [0.2, 0.25) is 0 Å². The van der Waals surface area contributed by atoms with Gasteiger partial charge < -0.3 is 15.8 Å². The number of rotatable bonds is 4. The predicted molar refractivity (Wildman–Crippen MR) is 72.3 cm³/mol. The third-order valence-electron chi connectivity index (χ3n) is 2.43. The first-order chi connectivity index (χ1) is 8.74. The Kier molecular flexibility index (Phi) is 4.89. The maximum atomic E-state index is 13.7. The molecule has 1 amide bonds. The van der Waals surface area contributed by atoms with Crippen LogP contribution in [0.25, 0.3) is 0 Å². The first kappa shape index (κ1) is 15.4. The van der Waals surface area contributed by atoms with E-state index in [2.05, 4.69) is 5.32 Å². The minimum Gasteiger partial charge on any atom is -0.477 e. The van der Waals surface area contributed by atoms with Gasteiger partial charge in [0.25, 0.3) is 5.91 Å². The van der Waals surface area contributed by atoms with E-state index < -0.39 is 11.9 Å². The van der Waals surface area contributed by atoms with Crippen LogP contribution in [0.1, 0.15) is 33.3 Å². The second-order valence-corrected chi connectivity index (χ2v) is 5.43. The molecular formula is C14H21FN2O2. The lowest BCUT2D eigenvalue weighted by molar-refractivity contribution is -0.128. The number of ether oxygens (including phenoxy) is 1. The molecule has 1 atom stereocenters. The third kappa shape index (κ3) is 4.52. The smallest absolute Gasteiger partial charge is 0.261 e.